The Morgan fingerprint density at radius 1 is 1.12 bits per heavy atom. The minimum Gasteiger partial charge on any atom is -0.338 e. The Labute approximate surface area is 150 Å². The van der Waals surface area contributed by atoms with Gasteiger partial charge in [0.05, 0.1) is 0 Å². The van der Waals surface area contributed by atoms with Crippen molar-refractivity contribution >= 4 is 15.9 Å². The van der Waals surface area contributed by atoms with E-state index in [9.17, 15) is 22.0 Å². The molecule has 1 aliphatic heterocycles. The lowest BCUT2D eigenvalue weighted by Gasteiger charge is -2.17. The molecule has 3 rings (SSSR count). The lowest BCUT2D eigenvalue weighted by Crippen LogP contribution is -2.31. The zero-order valence-corrected chi connectivity index (χ0v) is 14.7. The third-order valence-electron chi connectivity index (χ3n) is 4.26. The maximum atomic E-state index is 13.7. The second kappa shape index (κ2) is 7.51. The number of rotatable bonds is 6. The van der Waals surface area contributed by atoms with Gasteiger partial charge in [0.1, 0.15) is 16.5 Å². The normalized spacial score (nSPS) is 17.7. The number of nitrogens with zero attached hydrogens (tertiary/aromatic N) is 1. The molecule has 2 aromatic rings. The molecule has 0 bridgehead atoms. The van der Waals surface area contributed by atoms with Crippen molar-refractivity contribution in [2.45, 2.75) is 17.9 Å². The molecule has 1 aliphatic rings. The molecule has 0 spiro atoms. The van der Waals surface area contributed by atoms with E-state index in [1.165, 1.54) is 0 Å². The topological polar surface area (TPSA) is 66.5 Å². The van der Waals surface area contributed by atoms with E-state index in [1.54, 1.807) is 4.90 Å². The Balaban J connectivity index is 1.60. The van der Waals surface area contributed by atoms with Gasteiger partial charge in [0.25, 0.3) is 0 Å². The van der Waals surface area contributed by atoms with Crippen molar-refractivity contribution in [3.63, 3.8) is 0 Å². The van der Waals surface area contributed by atoms with Gasteiger partial charge in [-0.1, -0.05) is 30.3 Å². The largest absolute Gasteiger partial charge is 0.338 e. The standard InChI is InChI=1S/C18H18F2N2O3S/c19-15-6-7-17(16(20)9-15)26(24,25)21-10-14-8-18(23)22(12-14)11-13-4-2-1-3-5-13/h1-7,9,14,21H,8,10-12H2. The van der Waals surface area contributed by atoms with Crippen LogP contribution in [0.15, 0.2) is 53.4 Å². The molecule has 1 heterocycles. The number of carbonyl (C=O) groups excluding carboxylic acids is 1. The fourth-order valence-electron chi connectivity index (χ4n) is 2.95. The molecule has 1 N–H and O–H groups in total. The molecule has 0 saturated carbocycles. The summed E-state index contributed by atoms with van der Waals surface area (Å²) in [6, 6.07) is 11.8. The first kappa shape index (κ1) is 18.5. The molecule has 2 aromatic carbocycles. The van der Waals surface area contributed by atoms with Gasteiger partial charge in [0.15, 0.2) is 0 Å². The number of amides is 1. The Bertz CT molecular complexity index is 904. The highest BCUT2D eigenvalue weighted by Crippen LogP contribution is 2.21. The van der Waals surface area contributed by atoms with Gasteiger partial charge in [0.2, 0.25) is 15.9 Å². The second-order valence-corrected chi connectivity index (χ2v) is 7.99. The van der Waals surface area contributed by atoms with Gasteiger partial charge in [-0.25, -0.2) is 21.9 Å². The van der Waals surface area contributed by atoms with E-state index < -0.39 is 26.6 Å². The Morgan fingerprint density at radius 2 is 1.85 bits per heavy atom. The van der Waals surface area contributed by atoms with Crippen LogP contribution in [0, 0.1) is 17.6 Å². The fraction of sp³-hybridized carbons (Fsp3) is 0.278. The summed E-state index contributed by atoms with van der Waals surface area (Å²) in [6.45, 7) is 0.897. The molecule has 0 aromatic heterocycles. The van der Waals surface area contributed by atoms with E-state index in [0.717, 1.165) is 17.7 Å². The summed E-state index contributed by atoms with van der Waals surface area (Å²) in [5, 5.41) is 0. The van der Waals surface area contributed by atoms with Gasteiger partial charge in [-0.05, 0) is 23.6 Å². The van der Waals surface area contributed by atoms with Crippen LogP contribution in [-0.4, -0.2) is 32.3 Å². The van der Waals surface area contributed by atoms with Crippen molar-refractivity contribution in [2.75, 3.05) is 13.1 Å². The first-order valence-corrected chi connectivity index (χ1v) is 9.60. The van der Waals surface area contributed by atoms with E-state index in [-0.39, 0.29) is 24.8 Å². The number of hydrogen-bond donors (Lipinski definition) is 1. The highest BCUT2D eigenvalue weighted by atomic mass is 32.2. The van der Waals surface area contributed by atoms with Crippen LogP contribution in [0.3, 0.4) is 0 Å². The minimum atomic E-state index is -4.11. The zero-order valence-electron chi connectivity index (χ0n) is 13.9. The molecule has 1 saturated heterocycles. The van der Waals surface area contributed by atoms with Crippen molar-refractivity contribution in [1.29, 1.82) is 0 Å². The van der Waals surface area contributed by atoms with Crippen LogP contribution in [0.25, 0.3) is 0 Å². The Hall–Kier alpha value is -2.32. The van der Waals surface area contributed by atoms with Crippen LogP contribution >= 0.6 is 0 Å². The van der Waals surface area contributed by atoms with Crippen molar-refractivity contribution < 1.29 is 22.0 Å². The van der Waals surface area contributed by atoms with Gasteiger partial charge in [-0.2, -0.15) is 0 Å². The number of benzene rings is 2. The van der Waals surface area contributed by atoms with E-state index in [0.29, 0.717) is 19.2 Å². The van der Waals surface area contributed by atoms with Crippen LogP contribution in [-0.2, 0) is 21.4 Å². The van der Waals surface area contributed by atoms with E-state index >= 15 is 0 Å². The van der Waals surface area contributed by atoms with Crippen molar-refractivity contribution in [3.05, 3.63) is 65.7 Å². The summed E-state index contributed by atoms with van der Waals surface area (Å²) in [6.07, 6.45) is 0.223. The summed E-state index contributed by atoms with van der Waals surface area (Å²) in [7, 11) is -4.11. The third-order valence-corrected chi connectivity index (χ3v) is 5.71. The monoisotopic (exact) mass is 380 g/mol. The zero-order chi connectivity index (χ0) is 18.7. The lowest BCUT2D eigenvalue weighted by molar-refractivity contribution is -0.128. The molecular weight excluding hydrogens is 362 g/mol. The summed E-state index contributed by atoms with van der Waals surface area (Å²) in [5.41, 5.74) is 0.996. The second-order valence-electron chi connectivity index (χ2n) is 6.26. The molecule has 1 amide bonds. The number of sulfonamides is 1. The number of halogens is 2. The molecule has 1 unspecified atom stereocenters. The first-order valence-electron chi connectivity index (χ1n) is 8.11. The molecule has 0 radical (unpaired) electrons. The van der Waals surface area contributed by atoms with Crippen LogP contribution in [0.4, 0.5) is 8.78 Å². The van der Waals surface area contributed by atoms with E-state index in [1.807, 2.05) is 30.3 Å². The molecule has 138 valence electrons. The smallest absolute Gasteiger partial charge is 0.243 e. The SMILES string of the molecule is O=C1CC(CNS(=O)(=O)c2ccc(F)cc2F)CN1Cc1ccccc1. The molecular formula is C18H18F2N2O3S. The summed E-state index contributed by atoms with van der Waals surface area (Å²) < 4.78 is 53.3. The number of nitrogens with one attached hydrogen (secondary N) is 1. The average Bonchev–Trinajstić information content (AvgIpc) is 2.93. The van der Waals surface area contributed by atoms with Gasteiger partial charge in [0, 0.05) is 32.1 Å². The molecule has 5 nitrogen and oxygen atoms in total. The van der Waals surface area contributed by atoms with Gasteiger partial charge in [-0.15, -0.1) is 0 Å². The number of likely N-dealkylation sites (tertiary alicyclic amines) is 1. The van der Waals surface area contributed by atoms with E-state index in [4.69, 9.17) is 0 Å². The molecule has 1 atom stereocenters. The quantitative estimate of drug-likeness (QED) is 0.836. The summed E-state index contributed by atoms with van der Waals surface area (Å²) >= 11 is 0. The van der Waals surface area contributed by atoms with Crippen molar-refractivity contribution in [3.8, 4) is 0 Å². The van der Waals surface area contributed by atoms with Crippen molar-refractivity contribution in [1.82, 2.24) is 9.62 Å². The third kappa shape index (κ3) is 4.25. The molecule has 1 fully saturated rings. The van der Waals surface area contributed by atoms with E-state index in [2.05, 4.69) is 4.72 Å². The van der Waals surface area contributed by atoms with Crippen LogP contribution in [0.1, 0.15) is 12.0 Å². The Kier molecular flexibility index (Phi) is 5.33. The predicted octanol–water partition coefficient (Wildman–Crippen LogP) is 2.29. The van der Waals surface area contributed by atoms with Gasteiger partial charge in [-0.3, -0.25) is 4.79 Å². The maximum absolute atomic E-state index is 13.7. The summed E-state index contributed by atoms with van der Waals surface area (Å²) in [4.78, 5) is 13.2. The maximum Gasteiger partial charge on any atom is 0.243 e. The number of hydrogen-bond acceptors (Lipinski definition) is 3. The molecule has 0 aliphatic carbocycles. The number of carbonyl (C=O) groups is 1. The fourth-order valence-corrected chi connectivity index (χ4v) is 4.12. The van der Waals surface area contributed by atoms with Crippen LogP contribution < -0.4 is 4.72 Å². The Morgan fingerprint density at radius 3 is 2.54 bits per heavy atom. The van der Waals surface area contributed by atoms with Gasteiger partial charge >= 0.3 is 0 Å². The highest BCUT2D eigenvalue weighted by Gasteiger charge is 2.31. The predicted molar refractivity (Wildman–Crippen MR) is 91.5 cm³/mol. The van der Waals surface area contributed by atoms with Crippen LogP contribution in [0.2, 0.25) is 0 Å². The van der Waals surface area contributed by atoms with Gasteiger partial charge < -0.3 is 4.90 Å². The average molecular weight is 380 g/mol. The molecule has 26 heavy (non-hydrogen) atoms. The lowest BCUT2D eigenvalue weighted by atomic mass is 10.1. The van der Waals surface area contributed by atoms with Crippen molar-refractivity contribution in [2.24, 2.45) is 5.92 Å². The highest BCUT2D eigenvalue weighted by molar-refractivity contribution is 7.89. The van der Waals surface area contributed by atoms with Crippen LogP contribution in [0.5, 0.6) is 0 Å². The molecule has 8 heteroatoms. The summed E-state index contributed by atoms with van der Waals surface area (Å²) in [5.74, 6) is -2.25. The minimum absolute atomic E-state index is 0.0101. The first-order chi connectivity index (χ1) is 12.3.